The van der Waals surface area contributed by atoms with Crippen molar-refractivity contribution in [3.8, 4) is 11.4 Å². The van der Waals surface area contributed by atoms with Crippen LogP contribution in [0.3, 0.4) is 0 Å². The highest BCUT2D eigenvalue weighted by Gasteiger charge is 2.10. The lowest BCUT2D eigenvalue weighted by Gasteiger charge is -2.07. The second-order valence-corrected chi connectivity index (χ2v) is 6.59. The van der Waals surface area contributed by atoms with Crippen LogP contribution in [0.25, 0.3) is 5.69 Å². The Morgan fingerprint density at radius 1 is 1.00 bits per heavy atom. The average Bonchev–Trinajstić information content (AvgIpc) is 3.44. The van der Waals surface area contributed by atoms with Crippen molar-refractivity contribution in [3.05, 3.63) is 82.8 Å². The van der Waals surface area contributed by atoms with Gasteiger partial charge in [0.25, 0.3) is 5.91 Å². The lowest BCUT2D eigenvalue weighted by Crippen LogP contribution is -2.11. The first-order valence-corrected chi connectivity index (χ1v) is 9.07. The SMILES string of the molecule is O=C(Oc1ccc(NC(=O)c2cccs2)cc1)c1ccc(-n2cnnn2)cc1. The molecule has 28 heavy (non-hydrogen) atoms. The lowest BCUT2D eigenvalue weighted by atomic mass is 10.2. The molecule has 138 valence electrons. The first-order valence-electron chi connectivity index (χ1n) is 8.19. The molecule has 0 aliphatic heterocycles. The maximum absolute atomic E-state index is 12.3. The summed E-state index contributed by atoms with van der Waals surface area (Å²) in [5.41, 5.74) is 1.74. The van der Waals surface area contributed by atoms with Gasteiger partial charge in [0.05, 0.1) is 16.1 Å². The highest BCUT2D eigenvalue weighted by Crippen LogP contribution is 2.19. The number of hydrogen-bond donors (Lipinski definition) is 1. The van der Waals surface area contributed by atoms with Crippen molar-refractivity contribution in [2.45, 2.75) is 0 Å². The Hall–Kier alpha value is -3.85. The molecule has 0 bridgehead atoms. The van der Waals surface area contributed by atoms with Crippen molar-refractivity contribution in [2.75, 3.05) is 5.32 Å². The number of carbonyl (C=O) groups is 2. The van der Waals surface area contributed by atoms with Gasteiger partial charge in [-0.3, -0.25) is 4.79 Å². The van der Waals surface area contributed by atoms with E-state index in [0.717, 1.165) is 5.69 Å². The van der Waals surface area contributed by atoms with Crippen LogP contribution in [0.4, 0.5) is 5.69 Å². The van der Waals surface area contributed by atoms with E-state index >= 15 is 0 Å². The number of hydrogen-bond acceptors (Lipinski definition) is 7. The Balaban J connectivity index is 1.38. The number of nitrogens with zero attached hydrogens (tertiary/aromatic N) is 4. The molecule has 0 aliphatic carbocycles. The third-order valence-electron chi connectivity index (χ3n) is 3.78. The number of benzene rings is 2. The number of nitrogens with one attached hydrogen (secondary N) is 1. The van der Waals surface area contributed by atoms with E-state index in [1.807, 2.05) is 11.4 Å². The summed E-state index contributed by atoms with van der Waals surface area (Å²) in [7, 11) is 0. The van der Waals surface area contributed by atoms with E-state index < -0.39 is 5.97 Å². The van der Waals surface area contributed by atoms with Crippen LogP contribution in [0.15, 0.2) is 72.4 Å². The van der Waals surface area contributed by atoms with E-state index in [4.69, 9.17) is 4.74 Å². The first-order chi connectivity index (χ1) is 13.7. The van der Waals surface area contributed by atoms with E-state index in [0.29, 0.717) is 21.9 Å². The van der Waals surface area contributed by atoms with E-state index in [1.54, 1.807) is 54.6 Å². The second-order valence-electron chi connectivity index (χ2n) is 5.65. The molecule has 0 aliphatic rings. The van der Waals surface area contributed by atoms with E-state index in [9.17, 15) is 9.59 Å². The molecule has 0 atom stereocenters. The van der Waals surface area contributed by atoms with Crippen molar-refractivity contribution in [1.29, 1.82) is 0 Å². The second kappa shape index (κ2) is 7.80. The average molecular weight is 391 g/mol. The Kier molecular flexibility index (Phi) is 4.89. The molecule has 0 fully saturated rings. The van der Waals surface area contributed by atoms with Crippen LogP contribution in [0.5, 0.6) is 5.75 Å². The number of ether oxygens (including phenoxy) is 1. The van der Waals surface area contributed by atoms with Crippen molar-refractivity contribution in [2.24, 2.45) is 0 Å². The molecule has 1 amide bonds. The summed E-state index contributed by atoms with van der Waals surface area (Å²) in [5.74, 6) is -0.287. The van der Waals surface area contributed by atoms with Gasteiger partial charge < -0.3 is 10.1 Å². The zero-order valence-corrected chi connectivity index (χ0v) is 15.2. The molecule has 1 N–H and O–H groups in total. The molecule has 0 saturated carbocycles. The molecule has 9 heteroatoms. The molecular weight excluding hydrogens is 378 g/mol. The third-order valence-corrected chi connectivity index (χ3v) is 4.65. The quantitative estimate of drug-likeness (QED) is 0.414. The Labute approximate surface area is 163 Å². The fourth-order valence-electron chi connectivity index (χ4n) is 2.40. The minimum atomic E-state index is -0.487. The molecule has 4 aromatic rings. The molecule has 4 rings (SSSR count). The van der Waals surface area contributed by atoms with Gasteiger partial charge in [-0.25, -0.2) is 9.48 Å². The molecular formula is C19H13N5O3S. The summed E-state index contributed by atoms with van der Waals surface area (Å²) in [6, 6.07) is 16.9. The lowest BCUT2D eigenvalue weighted by molar-refractivity contribution is 0.0734. The number of esters is 1. The molecule has 8 nitrogen and oxygen atoms in total. The van der Waals surface area contributed by atoms with Gasteiger partial charge in [0.15, 0.2) is 0 Å². The molecule has 2 heterocycles. The number of aromatic nitrogens is 4. The van der Waals surface area contributed by atoms with Gasteiger partial charge in [-0.2, -0.15) is 0 Å². The Morgan fingerprint density at radius 2 is 1.79 bits per heavy atom. The first kappa shape index (κ1) is 17.6. The highest BCUT2D eigenvalue weighted by molar-refractivity contribution is 7.12. The van der Waals surface area contributed by atoms with Crippen LogP contribution in [0, 0.1) is 0 Å². The Morgan fingerprint density at radius 3 is 2.43 bits per heavy atom. The number of amides is 1. The van der Waals surface area contributed by atoms with Gasteiger partial charge in [0.1, 0.15) is 12.1 Å². The van der Waals surface area contributed by atoms with Crippen LogP contribution >= 0.6 is 11.3 Å². The summed E-state index contributed by atoms with van der Waals surface area (Å²) >= 11 is 1.37. The monoisotopic (exact) mass is 391 g/mol. The van der Waals surface area contributed by atoms with Gasteiger partial charge in [0, 0.05) is 5.69 Å². The predicted molar refractivity (Wildman–Crippen MR) is 103 cm³/mol. The van der Waals surface area contributed by atoms with Crippen LogP contribution < -0.4 is 10.1 Å². The van der Waals surface area contributed by atoms with Crippen LogP contribution in [0.2, 0.25) is 0 Å². The maximum atomic E-state index is 12.3. The number of anilines is 1. The molecule has 0 radical (unpaired) electrons. The van der Waals surface area contributed by atoms with Crippen LogP contribution in [-0.4, -0.2) is 32.1 Å². The minimum Gasteiger partial charge on any atom is -0.423 e. The van der Waals surface area contributed by atoms with Crippen LogP contribution in [-0.2, 0) is 0 Å². The van der Waals surface area contributed by atoms with Crippen molar-refractivity contribution >= 4 is 28.9 Å². The molecule has 0 unspecified atom stereocenters. The topological polar surface area (TPSA) is 99.0 Å². The van der Waals surface area contributed by atoms with E-state index in [2.05, 4.69) is 20.8 Å². The van der Waals surface area contributed by atoms with Gasteiger partial charge in [-0.1, -0.05) is 6.07 Å². The van der Waals surface area contributed by atoms with E-state index in [1.165, 1.54) is 22.3 Å². The zero-order valence-electron chi connectivity index (χ0n) is 14.4. The normalized spacial score (nSPS) is 10.4. The van der Waals surface area contributed by atoms with Crippen molar-refractivity contribution < 1.29 is 14.3 Å². The Bertz CT molecular complexity index is 1080. The minimum absolute atomic E-state index is 0.178. The standard InChI is InChI=1S/C19H13N5O3S/c25-18(17-2-1-11-28-17)21-14-5-9-16(10-6-14)27-19(26)13-3-7-15(8-4-13)24-12-20-22-23-24/h1-12H,(H,21,25). The smallest absolute Gasteiger partial charge is 0.343 e. The summed E-state index contributed by atoms with van der Waals surface area (Å²) in [6.45, 7) is 0. The number of carbonyl (C=O) groups excluding carboxylic acids is 2. The highest BCUT2D eigenvalue weighted by atomic mass is 32.1. The summed E-state index contributed by atoms with van der Waals surface area (Å²) in [4.78, 5) is 25.0. The molecule has 2 aromatic carbocycles. The van der Waals surface area contributed by atoms with Gasteiger partial charge in [-0.05, 0) is 70.4 Å². The van der Waals surface area contributed by atoms with Crippen molar-refractivity contribution in [3.63, 3.8) is 0 Å². The molecule has 0 spiro atoms. The third kappa shape index (κ3) is 3.94. The zero-order chi connectivity index (χ0) is 19.3. The molecule has 2 aromatic heterocycles. The van der Waals surface area contributed by atoms with Crippen LogP contribution in [0.1, 0.15) is 20.0 Å². The van der Waals surface area contributed by atoms with Gasteiger partial charge in [0.2, 0.25) is 0 Å². The fourth-order valence-corrected chi connectivity index (χ4v) is 3.02. The number of rotatable bonds is 5. The summed E-state index contributed by atoms with van der Waals surface area (Å²) < 4.78 is 6.85. The summed E-state index contributed by atoms with van der Waals surface area (Å²) in [6.07, 6.45) is 1.46. The number of thiophene rings is 1. The maximum Gasteiger partial charge on any atom is 0.343 e. The van der Waals surface area contributed by atoms with Gasteiger partial charge in [-0.15, -0.1) is 16.4 Å². The van der Waals surface area contributed by atoms with Gasteiger partial charge >= 0.3 is 5.97 Å². The molecule has 0 saturated heterocycles. The predicted octanol–water partition coefficient (Wildman–Crippen LogP) is 3.20. The van der Waals surface area contributed by atoms with E-state index in [-0.39, 0.29) is 5.91 Å². The summed E-state index contributed by atoms with van der Waals surface area (Å²) in [5, 5.41) is 15.5. The fraction of sp³-hybridized carbons (Fsp3) is 0. The largest absolute Gasteiger partial charge is 0.423 e. The van der Waals surface area contributed by atoms with Crippen molar-refractivity contribution in [1.82, 2.24) is 20.2 Å². The number of tetrazole rings is 1.